The van der Waals surface area contributed by atoms with Gasteiger partial charge in [0.05, 0.1) is 0 Å². The number of hydrogen-bond acceptors (Lipinski definition) is 11. The van der Waals surface area contributed by atoms with E-state index in [1.165, 1.54) is 36.8 Å². The van der Waals surface area contributed by atoms with E-state index in [4.69, 9.17) is 22.4 Å². The van der Waals surface area contributed by atoms with Crippen LogP contribution in [0.25, 0.3) is 0 Å². The van der Waals surface area contributed by atoms with Gasteiger partial charge in [0.2, 0.25) is 11.2 Å². The second-order valence-electron chi connectivity index (χ2n) is 13.8. The third-order valence-electron chi connectivity index (χ3n) is 8.44. The van der Waals surface area contributed by atoms with Gasteiger partial charge in [0.1, 0.15) is 23.1 Å². The Morgan fingerprint density at radius 3 is 1.63 bits per heavy atom. The zero-order chi connectivity index (χ0) is 38.0. The molecule has 2 fully saturated rings. The summed E-state index contributed by atoms with van der Waals surface area (Å²) in [6.45, 7) is 17.7. The van der Waals surface area contributed by atoms with Crippen LogP contribution in [0.15, 0.2) is 60.9 Å². The quantitative estimate of drug-likeness (QED) is 0.0747. The van der Waals surface area contributed by atoms with Crippen molar-refractivity contribution in [1.29, 1.82) is 0 Å². The normalized spacial score (nSPS) is 13.3. The van der Waals surface area contributed by atoms with Crippen molar-refractivity contribution < 1.29 is 10.2 Å². The summed E-state index contributed by atoms with van der Waals surface area (Å²) in [5.41, 5.74) is 9.80. The Morgan fingerprint density at radius 2 is 1.21 bits per heavy atom. The van der Waals surface area contributed by atoms with Gasteiger partial charge < -0.3 is 31.9 Å². The molecule has 0 unspecified atom stereocenters. The number of nitrogens with two attached hydrogens (primary N) is 1. The highest BCUT2D eigenvalue weighted by molar-refractivity contribution is 6.28. The largest absolute Gasteiger partial charge is 0.508 e. The lowest BCUT2D eigenvalue weighted by molar-refractivity contribution is 0.185. The van der Waals surface area contributed by atoms with Crippen molar-refractivity contribution in [3.63, 3.8) is 0 Å². The Hall–Kier alpha value is -4.19. The fourth-order valence-electron chi connectivity index (χ4n) is 5.22. The monoisotopic (exact) mass is 733 g/mol. The molecule has 0 aliphatic heterocycles. The first-order chi connectivity index (χ1) is 24.9. The number of aryl methyl sites for hydroxylation is 2. The smallest absolute Gasteiger partial charge is 0.224 e. The average Bonchev–Trinajstić information content (AvgIpc) is 4.05. The minimum Gasteiger partial charge on any atom is -0.508 e. The maximum atomic E-state index is 9.25. The van der Waals surface area contributed by atoms with Crippen molar-refractivity contribution in [1.82, 2.24) is 24.8 Å². The summed E-state index contributed by atoms with van der Waals surface area (Å²) >= 11 is 5.66. The van der Waals surface area contributed by atoms with E-state index in [0.717, 1.165) is 48.7 Å². The van der Waals surface area contributed by atoms with Crippen molar-refractivity contribution in [3.05, 3.63) is 88.5 Å². The van der Waals surface area contributed by atoms with Gasteiger partial charge in [0, 0.05) is 54.2 Å². The van der Waals surface area contributed by atoms with Gasteiger partial charge in [-0.2, -0.15) is 4.98 Å². The number of rotatable bonds is 13. The molecule has 0 amide bonds. The molecule has 0 radical (unpaired) electrons. The van der Waals surface area contributed by atoms with Gasteiger partial charge in [-0.25, -0.2) is 15.0 Å². The Balaban J connectivity index is 0.000000201. The number of aromatic nitrogens is 4. The molecule has 4 aromatic rings. The van der Waals surface area contributed by atoms with Gasteiger partial charge in [0.25, 0.3) is 0 Å². The molecule has 11 nitrogen and oxygen atoms in total. The van der Waals surface area contributed by atoms with E-state index in [9.17, 15) is 5.11 Å². The summed E-state index contributed by atoms with van der Waals surface area (Å²) in [5.74, 6) is 3.06. The number of halogens is 1. The molecule has 2 aliphatic carbocycles. The standard InChI is InChI=1S/C16H20N4O.C8H10ClN3.C8H11NO.C8H19N/c1-11-10-18-16(20-15(11)19-13-4-5-13)17-9-8-12-2-6-14(21)7-3-12;1-5-4-10-8(9)12-7(5)11-6-2-3-6;9-6-5-7-1-3-8(10)4-2-7;1-6-9(7(2)3)8(4)5/h2-3,6-7,10,13,21H,4-5,8-9H2,1H3,(H2,17,18,19,20);4,6H,2-3H2,1H3,(H,10,11,12);1-4,10H,5-6,9H2;7-8H,6H2,1-5H3. The summed E-state index contributed by atoms with van der Waals surface area (Å²) in [7, 11) is 0. The van der Waals surface area contributed by atoms with E-state index >= 15 is 0 Å². The number of benzene rings is 2. The predicted octanol–water partition coefficient (Wildman–Crippen LogP) is 7.75. The maximum absolute atomic E-state index is 9.25. The Bertz CT molecular complexity index is 1590. The molecule has 7 N–H and O–H groups in total. The number of nitrogens with zero attached hydrogens (tertiary/aromatic N) is 5. The highest BCUT2D eigenvalue weighted by Crippen LogP contribution is 2.26. The van der Waals surface area contributed by atoms with Gasteiger partial charge >= 0.3 is 0 Å². The van der Waals surface area contributed by atoms with Crippen LogP contribution >= 0.6 is 11.6 Å². The second kappa shape index (κ2) is 22.0. The molecule has 52 heavy (non-hydrogen) atoms. The third-order valence-corrected chi connectivity index (χ3v) is 8.63. The van der Waals surface area contributed by atoms with Crippen molar-refractivity contribution in [2.24, 2.45) is 5.73 Å². The zero-order valence-corrected chi connectivity index (χ0v) is 32.8. The minimum absolute atomic E-state index is 0.296. The van der Waals surface area contributed by atoms with E-state index in [1.54, 1.807) is 30.5 Å². The van der Waals surface area contributed by atoms with Gasteiger partial charge in [0.15, 0.2) is 0 Å². The summed E-state index contributed by atoms with van der Waals surface area (Å²) in [6.07, 6.45) is 10.3. The van der Waals surface area contributed by atoms with Crippen molar-refractivity contribution in [2.45, 2.75) is 111 Å². The van der Waals surface area contributed by atoms with Crippen LogP contribution in [0.1, 0.15) is 82.6 Å². The fourth-order valence-corrected chi connectivity index (χ4v) is 5.35. The van der Waals surface area contributed by atoms with Crippen LogP contribution in [0.5, 0.6) is 11.5 Å². The van der Waals surface area contributed by atoms with Crippen molar-refractivity contribution >= 4 is 29.2 Å². The van der Waals surface area contributed by atoms with Crippen molar-refractivity contribution in [2.75, 3.05) is 35.6 Å². The number of aromatic hydroxyl groups is 2. The number of phenolic OH excluding ortho intramolecular Hbond substituents is 2. The van der Waals surface area contributed by atoms with E-state index in [1.807, 2.05) is 44.3 Å². The molecule has 2 aromatic carbocycles. The average molecular weight is 734 g/mol. The van der Waals surface area contributed by atoms with Crippen LogP contribution < -0.4 is 21.7 Å². The van der Waals surface area contributed by atoms with Crippen molar-refractivity contribution in [3.8, 4) is 11.5 Å². The van der Waals surface area contributed by atoms with Crippen LogP contribution in [0.3, 0.4) is 0 Å². The minimum atomic E-state index is 0.296. The van der Waals surface area contributed by atoms with E-state index in [-0.39, 0.29) is 0 Å². The summed E-state index contributed by atoms with van der Waals surface area (Å²) in [4.78, 5) is 19.3. The van der Waals surface area contributed by atoms with Gasteiger partial charge in [-0.1, -0.05) is 31.2 Å². The summed E-state index contributed by atoms with van der Waals surface area (Å²) in [5, 5.41) is 28.4. The SMILES string of the molecule is CCN(C(C)C)C(C)C.Cc1cnc(Cl)nc1NC1CC1.Cc1cnc(NCCc2ccc(O)cc2)nc1NC1CC1.NCCc1ccc(O)cc1. The summed E-state index contributed by atoms with van der Waals surface area (Å²) in [6, 6.07) is 16.9. The third kappa shape index (κ3) is 16.4. The van der Waals surface area contributed by atoms with E-state index in [2.05, 4.69) is 75.4 Å². The first-order valence-corrected chi connectivity index (χ1v) is 18.9. The Morgan fingerprint density at radius 1 is 0.750 bits per heavy atom. The molecular weight excluding hydrogens is 674 g/mol. The molecule has 2 aliphatic rings. The first-order valence-electron chi connectivity index (χ1n) is 18.5. The Kier molecular flexibility index (Phi) is 17.9. The molecule has 2 heterocycles. The lowest BCUT2D eigenvalue weighted by Gasteiger charge is -2.28. The molecule has 0 spiro atoms. The van der Waals surface area contributed by atoms with Crippen LogP contribution in [0.4, 0.5) is 17.6 Å². The molecule has 12 heteroatoms. The predicted molar refractivity (Wildman–Crippen MR) is 216 cm³/mol. The highest BCUT2D eigenvalue weighted by atomic mass is 35.5. The van der Waals surface area contributed by atoms with E-state index in [0.29, 0.717) is 53.4 Å². The topological polar surface area (TPSA) is 157 Å². The summed E-state index contributed by atoms with van der Waals surface area (Å²) < 4.78 is 0. The molecule has 0 bridgehead atoms. The number of phenols is 2. The van der Waals surface area contributed by atoms with Crippen LogP contribution in [-0.4, -0.2) is 78.9 Å². The molecule has 6 rings (SSSR count). The lowest BCUT2D eigenvalue weighted by Crippen LogP contribution is -2.36. The number of hydrogen-bond donors (Lipinski definition) is 6. The second-order valence-corrected chi connectivity index (χ2v) is 14.1. The van der Waals surface area contributed by atoms with E-state index < -0.39 is 0 Å². The molecule has 284 valence electrons. The number of anilines is 3. The zero-order valence-electron chi connectivity index (χ0n) is 32.0. The maximum Gasteiger partial charge on any atom is 0.224 e. The fraction of sp³-hybridized carbons (Fsp3) is 0.500. The molecule has 0 atom stereocenters. The highest BCUT2D eigenvalue weighted by Gasteiger charge is 2.23. The Labute approximate surface area is 315 Å². The molecule has 0 saturated heterocycles. The van der Waals surface area contributed by atoms with Gasteiger partial charge in [-0.05, 0) is 140 Å². The molecular formula is C40H60ClN9O2. The molecule has 2 aromatic heterocycles. The number of nitrogens with one attached hydrogen (secondary N) is 3. The van der Waals surface area contributed by atoms with Crippen LogP contribution in [0, 0.1) is 13.8 Å². The van der Waals surface area contributed by atoms with Crippen LogP contribution in [0.2, 0.25) is 5.28 Å². The van der Waals surface area contributed by atoms with Gasteiger partial charge in [-0.15, -0.1) is 0 Å². The first kappa shape index (κ1) is 42.2. The van der Waals surface area contributed by atoms with Gasteiger partial charge in [-0.3, -0.25) is 4.90 Å². The molecule has 2 saturated carbocycles. The van der Waals surface area contributed by atoms with Crippen LogP contribution in [-0.2, 0) is 12.8 Å². The lowest BCUT2D eigenvalue weighted by atomic mass is 10.1.